The molecule has 0 saturated carbocycles. The van der Waals surface area contributed by atoms with Crippen LogP contribution in [0.3, 0.4) is 0 Å². The number of amides is 1. The Morgan fingerprint density at radius 2 is 2.24 bits per heavy atom. The summed E-state index contributed by atoms with van der Waals surface area (Å²) in [6.07, 6.45) is 10.1. The summed E-state index contributed by atoms with van der Waals surface area (Å²) in [5, 5.41) is 3.23. The third kappa shape index (κ3) is 6.67. The third-order valence-electron chi connectivity index (χ3n) is 2.53. The predicted octanol–water partition coefficient (Wildman–Crippen LogP) is 2.89. The van der Waals surface area contributed by atoms with Crippen molar-refractivity contribution in [3.63, 3.8) is 0 Å². The molecule has 1 aliphatic rings. The van der Waals surface area contributed by atoms with Crippen molar-refractivity contribution in [2.45, 2.75) is 37.4 Å². The summed E-state index contributed by atoms with van der Waals surface area (Å²) in [5.74, 6) is 0.943. The van der Waals surface area contributed by atoms with Gasteiger partial charge in [0.15, 0.2) is 0 Å². The second-order valence-corrected chi connectivity index (χ2v) is 5.22. The van der Waals surface area contributed by atoms with E-state index in [1.54, 1.807) is 6.08 Å². The second-order valence-electron chi connectivity index (χ2n) is 4.04. The van der Waals surface area contributed by atoms with Gasteiger partial charge in [-0.05, 0) is 37.2 Å². The predicted molar refractivity (Wildman–Crippen MR) is 78.6 cm³/mol. The molecule has 0 saturated heterocycles. The van der Waals surface area contributed by atoms with E-state index in [0.717, 1.165) is 37.1 Å². The van der Waals surface area contributed by atoms with Gasteiger partial charge in [0.2, 0.25) is 5.91 Å². The van der Waals surface area contributed by atoms with Crippen molar-refractivity contribution in [1.82, 2.24) is 5.32 Å². The van der Waals surface area contributed by atoms with Crippen molar-refractivity contribution in [2.24, 2.45) is 0 Å². The zero-order valence-corrected chi connectivity index (χ0v) is 11.6. The molecule has 0 heterocycles. The lowest BCUT2D eigenvalue weighted by Gasteiger charge is -2.08. The number of hydrogen-bond acceptors (Lipinski definition) is 3. The summed E-state index contributed by atoms with van der Waals surface area (Å²) in [4.78, 5) is 11.5. The number of carbonyl (C=O) groups is 1. The molecule has 2 nitrogen and oxygen atoms in total. The molecule has 0 spiro atoms. The first-order valence-electron chi connectivity index (χ1n) is 5.94. The highest BCUT2D eigenvalue weighted by molar-refractivity contribution is 7.81. The van der Waals surface area contributed by atoms with Crippen LogP contribution in [0.15, 0.2) is 29.7 Å². The summed E-state index contributed by atoms with van der Waals surface area (Å²) in [5.41, 5.74) is 3.70. The average Bonchev–Trinajstić information content (AvgIpc) is 2.77. The standard InChI is InChI=1S/C13H19NOS2/c15-13(14-11-5-1-2-6-11)8-4-3-7-12(17)9-10-16/h1-2,5,12,16-17H,3-4,7-10H2,(H,14,15). The third-order valence-corrected chi connectivity index (χ3v) is 3.30. The van der Waals surface area contributed by atoms with E-state index in [4.69, 9.17) is 0 Å². The van der Waals surface area contributed by atoms with E-state index in [2.05, 4.69) is 36.3 Å². The van der Waals surface area contributed by atoms with Gasteiger partial charge in [-0.3, -0.25) is 4.79 Å². The molecule has 0 aromatic rings. The molecule has 0 aromatic carbocycles. The van der Waals surface area contributed by atoms with Crippen LogP contribution in [0.1, 0.15) is 32.1 Å². The summed E-state index contributed by atoms with van der Waals surface area (Å²) >= 11 is 8.62. The van der Waals surface area contributed by atoms with E-state index >= 15 is 0 Å². The molecule has 94 valence electrons. The Bertz CT molecular complexity index is 343. The summed E-state index contributed by atoms with van der Waals surface area (Å²) < 4.78 is 0. The minimum atomic E-state index is 0.0670. The molecule has 1 N–H and O–H groups in total. The van der Waals surface area contributed by atoms with Gasteiger partial charge in [-0.1, -0.05) is 18.2 Å². The van der Waals surface area contributed by atoms with Gasteiger partial charge in [-0.15, -0.1) is 0 Å². The van der Waals surface area contributed by atoms with Crippen LogP contribution >= 0.6 is 25.3 Å². The maximum Gasteiger partial charge on any atom is 0.224 e. The van der Waals surface area contributed by atoms with Gasteiger partial charge in [0.05, 0.1) is 5.70 Å². The molecule has 1 atom stereocenters. The molecule has 1 rings (SSSR count). The lowest BCUT2D eigenvalue weighted by Crippen LogP contribution is -2.20. The van der Waals surface area contributed by atoms with E-state index in [0.29, 0.717) is 11.7 Å². The van der Waals surface area contributed by atoms with Crippen LogP contribution in [-0.4, -0.2) is 16.9 Å². The van der Waals surface area contributed by atoms with E-state index < -0.39 is 0 Å². The van der Waals surface area contributed by atoms with Gasteiger partial charge in [0.1, 0.15) is 0 Å². The molecular formula is C13H19NOS2. The van der Waals surface area contributed by atoms with Crippen molar-refractivity contribution >= 4 is 31.2 Å². The highest BCUT2D eigenvalue weighted by atomic mass is 32.1. The summed E-state index contributed by atoms with van der Waals surface area (Å²) in [6.45, 7) is 0. The Morgan fingerprint density at radius 1 is 1.41 bits per heavy atom. The number of unbranched alkanes of at least 4 members (excludes halogenated alkanes) is 1. The fraction of sp³-hybridized carbons (Fsp3) is 0.538. The summed E-state index contributed by atoms with van der Waals surface area (Å²) in [7, 11) is 0. The van der Waals surface area contributed by atoms with Gasteiger partial charge < -0.3 is 5.32 Å². The first-order chi connectivity index (χ1) is 8.22. The van der Waals surface area contributed by atoms with Crippen LogP contribution in [0, 0.1) is 0 Å². The van der Waals surface area contributed by atoms with E-state index in [9.17, 15) is 4.79 Å². The maximum absolute atomic E-state index is 11.5. The molecule has 4 heteroatoms. The molecule has 17 heavy (non-hydrogen) atoms. The number of thiol groups is 2. The minimum absolute atomic E-state index is 0.0670. The number of hydrogen-bond donors (Lipinski definition) is 3. The zero-order valence-electron chi connectivity index (χ0n) is 9.85. The van der Waals surface area contributed by atoms with Crippen LogP contribution in [-0.2, 0) is 4.79 Å². The molecule has 1 aliphatic carbocycles. The average molecular weight is 269 g/mol. The molecule has 0 radical (unpaired) electrons. The van der Waals surface area contributed by atoms with Crippen LogP contribution in [0.5, 0.6) is 0 Å². The molecule has 0 bridgehead atoms. The largest absolute Gasteiger partial charge is 0.320 e. The minimum Gasteiger partial charge on any atom is -0.320 e. The fourth-order valence-corrected chi connectivity index (χ4v) is 2.41. The zero-order chi connectivity index (χ0) is 12.5. The SMILES string of the molecule is O=C(CCCCC(S)CCS)NC1=C=CC=C1. The van der Waals surface area contributed by atoms with Crippen molar-refractivity contribution < 1.29 is 4.79 Å². The lowest BCUT2D eigenvalue weighted by atomic mass is 10.1. The lowest BCUT2D eigenvalue weighted by molar-refractivity contribution is -0.120. The van der Waals surface area contributed by atoms with E-state index in [-0.39, 0.29) is 5.91 Å². The highest BCUT2D eigenvalue weighted by Gasteiger charge is 2.05. The summed E-state index contributed by atoms with van der Waals surface area (Å²) in [6, 6.07) is 0. The van der Waals surface area contributed by atoms with Crippen LogP contribution in [0.2, 0.25) is 0 Å². The second kappa shape index (κ2) is 8.51. The highest BCUT2D eigenvalue weighted by Crippen LogP contribution is 2.12. The van der Waals surface area contributed by atoms with Gasteiger partial charge in [-0.2, -0.15) is 25.3 Å². The first-order valence-corrected chi connectivity index (χ1v) is 7.09. The van der Waals surface area contributed by atoms with Crippen molar-refractivity contribution in [3.05, 3.63) is 29.7 Å². The monoisotopic (exact) mass is 269 g/mol. The Morgan fingerprint density at radius 3 is 2.88 bits per heavy atom. The fourth-order valence-electron chi connectivity index (χ4n) is 1.58. The van der Waals surface area contributed by atoms with Crippen LogP contribution in [0.4, 0.5) is 0 Å². The molecule has 0 fully saturated rings. The van der Waals surface area contributed by atoms with Gasteiger partial charge >= 0.3 is 0 Å². The van der Waals surface area contributed by atoms with Crippen molar-refractivity contribution in [1.29, 1.82) is 0 Å². The number of allylic oxidation sites excluding steroid dienone is 2. The van der Waals surface area contributed by atoms with E-state index in [1.165, 1.54) is 0 Å². The Hall–Kier alpha value is -0.570. The molecule has 0 aliphatic heterocycles. The van der Waals surface area contributed by atoms with Crippen molar-refractivity contribution in [2.75, 3.05) is 5.75 Å². The Balaban J connectivity index is 2.04. The Kier molecular flexibility index (Phi) is 7.25. The normalized spacial score (nSPS) is 14.8. The number of rotatable bonds is 8. The Labute approximate surface area is 114 Å². The first kappa shape index (κ1) is 14.5. The van der Waals surface area contributed by atoms with E-state index in [1.807, 2.05) is 12.2 Å². The van der Waals surface area contributed by atoms with Crippen molar-refractivity contribution in [3.8, 4) is 0 Å². The molecule has 0 aromatic heterocycles. The molecular weight excluding hydrogens is 250 g/mol. The van der Waals surface area contributed by atoms with Gasteiger partial charge in [0, 0.05) is 11.7 Å². The van der Waals surface area contributed by atoms with Crippen LogP contribution < -0.4 is 5.32 Å². The maximum atomic E-state index is 11.5. The number of nitrogens with one attached hydrogen (secondary N) is 1. The van der Waals surface area contributed by atoms with Gasteiger partial charge in [0.25, 0.3) is 0 Å². The quantitative estimate of drug-likeness (QED) is 0.353. The van der Waals surface area contributed by atoms with Gasteiger partial charge in [-0.25, -0.2) is 0 Å². The van der Waals surface area contributed by atoms with Crippen LogP contribution in [0.25, 0.3) is 0 Å². The smallest absolute Gasteiger partial charge is 0.224 e. The molecule has 1 unspecified atom stereocenters. The number of carbonyl (C=O) groups excluding carboxylic acids is 1. The molecule has 1 amide bonds. The topological polar surface area (TPSA) is 29.1 Å².